The van der Waals surface area contributed by atoms with Gasteiger partial charge in [0.2, 0.25) is 65.0 Å². The first-order valence-corrected chi connectivity index (χ1v) is 28.6. The van der Waals surface area contributed by atoms with E-state index in [-0.39, 0.29) is 31.8 Å². The van der Waals surface area contributed by atoms with E-state index in [1.165, 1.54) is 20.8 Å². The van der Waals surface area contributed by atoms with E-state index in [4.69, 9.17) is 21.6 Å². The largest absolute Gasteiger partial charge is 0.458 e. The van der Waals surface area contributed by atoms with Crippen molar-refractivity contribution < 1.29 is 72.5 Å². The molecular formula is C55H91N15O15. The van der Waals surface area contributed by atoms with Gasteiger partial charge in [-0.15, -0.1) is 0 Å². The zero-order chi connectivity index (χ0) is 64.2. The van der Waals surface area contributed by atoms with Crippen LogP contribution in [0.25, 0.3) is 0 Å². The van der Waals surface area contributed by atoms with Gasteiger partial charge in [0.15, 0.2) is 5.96 Å². The summed E-state index contributed by atoms with van der Waals surface area (Å²) in [6.45, 7) is 12.1. The molecule has 1 aromatic carbocycles. The maximum Gasteiger partial charge on any atom is 0.329 e. The molecule has 15 atom stereocenters. The summed E-state index contributed by atoms with van der Waals surface area (Å²) in [5.41, 5.74) is 11.6. The molecule has 2 rings (SSSR count). The number of guanidine groups is 1. The molecule has 1 aromatic rings. The van der Waals surface area contributed by atoms with Gasteiger partial charge in [0.25, 0.3) is 0 Å². The number of benzene rings is 1. The number of carbonyl (C=O) groups excluding carboxylic acids is 12. The van der Waals surface area contributed by atoms with Crippen LogP contribution >= 0.6 is 0 Å². The van der Waals surface area contributed by atoms with Crippen LogP contribution < -0.4 is 75.3 Å². The molecule has 0 saturated carbocycles. The van der Waals surface area contributed by atoms with Gasteiger partial charge in [0.1, 0.15) is 66.5 Å². The molecule has 0 aromatic heterocycles. The average molecular weight is 1200 g/mol. The third-order valence-corrected chi connectivity index (χ3v) is 14.7. The maximum atomic E-state index is 14.0. The number of hydrogen-bond acceptors (Lipinski definition) is 17. The molecule has 19 N–H and O–H groups in total. The maximum absolute atomic E-state index is 14.0. The monoisotopic (exact) mass is 1200 g/mol. The lowest BCUT2D eigenvalue weighted by Crippen LogP contribution is -2.62. The first-order valence-electron chi connectivity index (χ1n) is 28.6. The zero-order valence-corrected chi connectivity index (χ0v) is 50.2. The van der Waals surface area contributed by atoms with E-state index in [9.17, 15) is 67.7 Å². The molecule has 85 heavy (non-hydrogen) atoms. The van der Waals surface area contributed by atoms with Crippen LogP contribution in [0.15, 0.2) is 30.3 Å². The number of primary amides is 1. The summed E-state index contributed by atoms with van der Waals surface area (Å²) < 4.78 is 5.66. The number of nitrogens with two attached hydrogens (primary N) is 2. The third-order valence-electron chi connectivity index (χ3n) is 14.7. The van der Waals surface area contributed by atoms with Crippen molar-refractivity contribution in [1.82, 2.24) is 63.8 Å². The molecule has 1 aliphatic heterocycles. The molecule has 0 spiro atoms. The fourth-order valence-corrected chi connectivity index (χ4v) is 8.59. The van der Waals surface area contributed by atoms with Gasteiger partial charge in [-0.3, -0.25) is 58.1 Å². The number of aliphatic hydroxyl groups is 2. The Morgan fingerprint density at radius 2 is 1.18 bits per heavy atom. The van der Waals surface area contributed by atoms with E-state index in [0.29, 0.717) is 19.3 Å². The number of rotatable bonds is 32. The van der Waals surface area contributed by atoms with Crippen molar-refractivity contribution in [3.8, 4) is 0 Å². The molecule has 11 amide bonds. The van der Waals surface area contributed by atoms with E-state index in [2.05, 4.69) is 63.8 Å². The van der Waals surface area contributed by atoms with Crippen molar-refractivity contribution in [2.45, 2.75) is 186 Å². The van der Waals surface area contributed by atoms with E-state index in [1.807, 2.05) is 30.3 Å². The number of hydrogen-bond donors (Lipinski definition) is 17. The highest BCUT2D eigenvalue weighted by molar-refractivity contribution is 5.99. The number of cyclic esters (lactones) is 1. The van der Waals surface area contributed by atoms with E-state index in [0.717, 1.165) is 5.56 Å². The Bertz CT molecular complexity index is 2470. The number of ether oxygens (including phenoxy) is 1. The lowest BCUT2D eigenvalue weighted by Gasteiger charge is -2.30. The molecule has 30 nitrogen and oxygen atoms in total. The summed E-state index contributed by atoms with van der Waals surface area (Å²) in [5.74, 6) is -13.0. The summed E-state index contributed by atoms with van der Waals surface area (Å²) in [6, 6.07) is -6.39. The zero-order valence-electron chi connectivity index (χ0n) is 50.2. The Balaban J connectivity index is 2.30. The Kier molecular flexibility index (Phi) is 31.5. The fraction of sp³-hybridized carbons (Fsp3) is 0.655. The topological polar surface area (TPSA) is 475 Å². The summed E-state index contributed by atoms with van der Waals surface area (Å²) in [7, 11) is 1.59. The second-order valence-corrected chi connectivity index (χ2v) is 21.3. The highest BCUT2D eigenvalue weighted by Crippen LogP contribution is 2.16. The van der Waals surface area contributed by atoms with Crippen LogP contribution in [0, 0.1) is 23.2 Å². The number of esters is 1. The highest BCUT2D eigenvalue weighted by Gasteiger charge is 2.40. The molecule has 30 heteroatoms. The van der Waals surface area contributed by atoms with E-state index < -0.39 is 187 Å². The molecule has 476 valence electrons. The molecule has 1 heterocycles. The minimum Gasteiger partial charge on any atom is -0.458 e. The molecule has 0 radical (unpaired) electrons. The van der Waals surface area contributed by atoms with E-state index >= 15 is 0 Å². The first kappa shape index (κ1) is 73.1. The SMILES string of the molecule is CC[C@@H](C)[C@@H](NC(=O)[C@@H](CCC(N)=O)NC(=O)[C@H](CO)NC(=O)[C@@H](NC(=O)[C@@H](Cc1ccccc1)NC)[C@@H](C)CC)C(=O)N[C@@H](C)C(=O)N[C@@H](CO)C(=O)N[C@H]1C(=O)N[C@@H](C)C(=O)N[C@@H](CCCNC(=N)N)C(=O)N[C@@H]([C@@H](C)CC)C(=O)O[C@H]1C. The first-order chi connectivity index (χ1) is 40.1. The van der Waals surface area contributed by atoms with Crippen molar-refractivity contribution in [1.29, 1.82) is 5.41 Å². The van der Waals surface area contributed by atoms with Gasteiger partial charge in [-0.2, -0.15) is 0 Å². The number of likely N-dealkylation sites (N-methyl/N-ethyl adjacent to an activating group) is 1. The molecule has 0 bridgehead atoms. The average Bonchev–Trinajstić information content (AvgIpc) is 3.84. The van der Waals surface area contributed by atoms with Crippen LogP contribution in [0.2, 0.25) is 0 Å². The lowest BCUT2D eigenvalue weighted by molar-refractivity contribution is -0.157. The second-order valence-electron chi connectivity index (χ2n) is 21.3. The van der Waals surface area contributed by atoms with Crippen molar-refractivity contribution in [3.05, 3.63) is 35.9 Å². The summed E-state index contributed by atoms with van der Waals surface area (Å²) in [6.07, 6.45) is -0.736. The standard InChI is InChI=1S/C55H91N15O15/c1-11-27(4)40(67-47(77)35(21-22-39(56)73)64-49(79)37(25-71)66-52(82)41(28(5)12-2)68-48(78)36(59-10)24-33-18-15-14-16-19-33)51(81)61-31(8)45(75)65-38(26-72)50(80)70-43-32(9)85-54(84)42(29(6)13-3)69-46(76)34(20-17-23-60-55(57)58)63-44(74)30(7)62-53(43)83/h14-16,18-19,27-32,34-38,40-43,59,71-72H,11-13,17,20-26H2,1-10H3,(H2,56,73)(H,61,81)(H,62,83)(H,63,74)(H,64,79)(H,65,75)(H,66,82)(H,67,77)(H,68,78)(H,69,76)(H,70,80)(H4,57,58,60)/t27-,28+,29+,30+,31+,32+,34+,35-,36-,37+,38+,40-,41+,42+,43-/m1/s1. The normalized spacial score (nSPS) is 21.0. The van der Waals surface area contributed by atoms with Gasteiger partial charge < -0.3 is 90.2 Å². The summed E-state index contributed by atoms with van der Waals surface area (Å²) in [5, 5.41) is 58.4. The number of nitrogens with one attached hydrogen (secondary N) is 13. The van der Waals surface area contributed by atoms with Crippen LogP contribution in [0.1, 0.15) is 113 Å². The Hall–Kier alpha value is -7.99. The molecule has 1 aliphatic rings. The predicted molar refractivity (Wildman–Crippen MR) is 309 cm³/mol. The Labute approximate surface area is 495 Å². The minimum atomic E-state index is -1.82. The molecular weight excluding hydrogens is 1110 g/mol. The second kappa shape index (κ2) is 36.7. The van der Waals surface area contributed by atoms with E-state index in [1.54, 1.807) is 48.6 Å². The van der Waals surface area contributed by atoms with Gasteiger partial charge in [0, 0.05) is 13.0 Å². The van der Waals surface area contributed by atoms with Crippen LogP contribution in [0.4, 0.5) is 0 Å². The molecule has 0 unspecified atom stereocenters. The van der Waals surface area contributed by atoms with Gasteiger partial charge in [-0.05, 0) is 76.8 Å². The van der Waals surface area contributed by atoms with Crippen LogP contribution in [0.3, 0.4) is 0 Å². The quantitative estimate of drug-likeness (QED) is 0.0139. The van der Waals surface area contributed by atoms with Crippen LogP contribution in [-0.4, -0.2) is 186 Å². The Morgan fingerprint density at radius 1 is 0.647 bits per heavy atom. The summed E-state index contributed by atoms with van der Waals surface area (Å²) in [4.78, 5) is 163. The molecule has 1 fully saturated rings. The van der Waals surface area contributed by atoms with Crippen molar-refractivity contribution in [2.24, 2.45) is 29.2 Å². The summed E-state index contributed by atoms with van der Waals surface area (Å²) >= 11 is 0. The van der Waals surface area contributed by atoms with Gasteiger partial charge in [-0.1, -0.05) is 91.1 Å². The lowest BCUT2D eigenvalue weighted by atomic mass is 9.96. The third kappa shape index (κ3) is 23.9. The van der Waals surface area contributed by atoms with Crippen LogP contribution in [0.5, 0.6) is 0 Å². The highest BCUT2D eigenvalue weighted by atomic mass is 16.5. The number of carbonyl (C=O) groups is 12. The Morgan fingerprint density at radius 3 is 1.71 bits per heavy atom. The van der Waals surface area contributed by atoms with Gasteiger partial charge in [-0.25, -0.2) is 4.79 Å². The smallest absolute Gasteiger partial charge is 0.329 e. The van der Waals surface area contributed by atoms with Crippen LogP contribution in [-0.2, 0) is 68.7 Å². The minimum absolute atomic E-state index is 0.0281. The van der Waals surface area contributed by atoms with Gasteiger partial charge in [0.05, 0.1) is 19.3 Å². The van der Waals surface area contributed by atoms with Crippen molar-refractivity contribution in [3.63, 3.8) is 0 Å². The van der Waals surface area contributed by atoms with Gasteiger partial charge >= 0.3 is 5.97 Å². The van der Waals surface area contributed by atoms with Crippen molar-refractivity contribution in [2.75, 3.05) is 26.8 Å². The molecule has 0 aliphatic carbocycles. The number of aliphatic hydroxyl groups excluding tert-OH is 2. The number of amides is 11. The predicted octanol–water partition coefficient (Wildman–Crippen LogP) is -4.70. The fourth-order valence-electron chi connectivity index (χ4n) is 8.59. The molecule has 1 saturated heterocycles. The van der Waals surface area contributed by atoms with Crippen molar-refractivity contribution >= 4 is 76.9 Å².